The van der Waals surface area contributed by atoms with Crippen LogP contribution in [0.4, 0.5) is 11.4 Å². The number of fused-ring (bicyclic) bond motifs is 2. The maximum absolute atomic E-state index is 14.7. The highest BCUT2D eigenvalue weighted by molar-refractivity contribution is 6.31. The Hall–Kier alpha value is -3.19. The molecule has 5 rings (SSSR count). The van der Waals surface area contributed by atoms with E-state index < -0.39 is 17.1 Å². The Morgan fingerprint density at radius 3 is 2.34 bits per heavy atom. The highest BCUT2D eigenvalue weighted by atomic mass is 35.5. The molecule has 0 aromatic heterocycles. The first-order valence-electron chi connectivity index (χ1n) is 14.3. The maximum atomic E-state index is 14.7. The van der Waals surface area contributed by atoms with Gasteiger partial charge in [-0.1, -0.05) is 88.7 Å². The lowest BCUT2D eigenvalue weighted by molar-refractivity contribution is -0.142. The zero-order valence-corrected chi connectivity index (χ0v) is 25.7. The Morgan fingerprint density at radius 2 is 1.71 bits per heavy atom. The molecular weight excluding hydrogens is 534 g/mol. The van der Waals surface area contributed by atoms with E-state index in [2.05, 4.69) is 19.9 Å². The van der Waals surface area contributed by atoms with Gasteiger partial charge in [-0.05, 0) is 67.4 Å². The summed E-state index contributed by atoms with van der Waals surface area (Å²) < 4.78 is 0. The van der Waals surface area contributed by atoms with E-state index in [0.717, 1.165) is 28.1 Å². The average Bonchev–Trinajstić information content (AvgIpc) is 3.44. The molecule has 216 valence electrons. The summed E-state index contributed by atoms with van der Waals surface area (Å²) in [7, 11) is 3.59. The lowest BCUT2D eigenvalue weighted by Crippen LogP contribution is -2.54. The molecule has 1 unspecified atom stereocenters. The average molecular weight is 574 g/mol. The summed E-state index contributed by atoms with van der Waals surface area (Å²) in [5.41, 5.74) is 3.73. The standard InChI is InChI=1S/C34H40ClN3O3/c1-21(2)29-34(17-18-37(29)31(40)33(3,4)5)26-13-8-9-14-28(26)38(32(34)41)24-12-10-11-22(19-24)23-15-16-25(27(35)20-23)30(39)36(6)7/h8-16,19-21,29-30,39H,17-18H2,1-7H3/t29-,30?,34-/m0/s1. The number of carbonyl (C=O) groups excluding carboxylic acids is 2. The summed E-state index contributed by atoms with van der Waals surface area (Å²) in [5, 5.41) is 11.0. The molecule has 2 heterocycles. The summed E-state index contributed by atoms with van der Waals surface area (Å²) in [6.45, 7) is 10.6. The second kappa shape index (κ2) is 10.6. The molecule has 2 aliphatic rings. The molecule has 1 fully saturated rings. The number of benzene rings is 3. The molecule has 7 heteroatoms. The number of nitrogens with zero attached hydrogens (tertiary/aromatic N) is 3. The summed E-state index contributed by atoms with van der Waals surface area (Å²) >= 11 is 6.59. The van der Waals surface area contributed by atoms with Crippen LogP contribution in [0.2, 0.25) is 5.02 Å². The fraction of sp³-hybridized carbons (Fsp3) is 0.412. The fourth-order valence-electron chi connectivity index (χ4n) is 6.71. The topological polar surface area (TPSA) is 64.1 Å². The number of aliphatic hydroxyl groups is 1. The molecule has 2 aliphatic heterocycles. The van der Waals surface area contributed by atoms with Gasteiger partial charge >= 0.3 is 0 Å². The van der Waals surface area contributed by atoms with Crippen LogP contribution >= 0.6 is 11.6 Å². The van der Waals surface area contributed by atoms with Crippen molar-refractivity contribution in [3.8, 4) is 11.1 Å². The van der Waals surface area contributed by atoms with Gasteiger partial charge in [0.2, 0.25) is 11.8 Å². The van der Waals surface area contributed by atoms with Crippen molar-refractivity contribution < 1.29 is 14.7 Å². The predicted octanol–water partition coefficient (Wildman–Crippen LogP) is 6.78. The summed E-state index contributed by atoms with van der Waals surface area (Å²) in [6.07, 6.45) is -0.211. The first kappa shape index (κ1) is 29.3. The van der Waals surface area contributed by atoms with Crippen molar-refractivity contribution in [2.75, 3.05) is 25.5 Å². The SMILES string of the molecule is CC(C)[C@@H]1N(C(=O)C(C)(C)C)CC[C@@]12C(=O)N(c1cccc(-c3ccc(C(O)N(C)C)c(Cl)c3)c1)c1ccccc12. The van der Waals surface area contributed by atoms with Crippen LogP contribution in [-0.2, 0) is 15.0 Å². The predicted molar refractivity (Wildman–Crippen MR) is 165 cm³/mol. The summed E-state index contributed by atoms with van der Waals surface area (Å²) in [4.78, 5) is 33.8. The van der Waals surface area contributed by atoms with E-state index >= 15 is 0 Å². The molecule has 1 spiro atoms. The van der Waals surface area contributed by atoms with Crippen molar-refractivity contribution in [2.45, 2.75) is 58.7 Å². The minimum Gasteiger partial charge on any atom is -0.374 e. The Bertz CT molecular complexity index is 1490. The van der Waals surface area contributed by atoms with E-state index in [1.54, 1.807) is 19.0 Å². The highest BCUT2D eigenvalue weighted by Crippen LogP contribution is 2.55. The lowest BCUT2D eigenvalue weighted by Gasteiger charge is -2.39. The number of amides is 2. The highest BCUT2D eigenvalue weighted by Gasteiger charge is 2.62. The number of hydrogen-bond donors (Lipinski definition) is 1. The normalized spacial score (nSPS) is 21.3. The minimum atomic E-state index is -0.811. The Kier molecular flexibility index (Phi) is 7.56. The van der Waals surface area contributed by atoms with Crippen molar-refractivity contribution in [1.82, 2.24) is 9.80 Å². The van der Waals surface area contributed by atoms with Crippen LogP contribution in [0.3, 0.4) is 0 Å². The van der Waals surface area contributed by atoms with Gasteiger partial charge in [-0.3, -0.25) is 19.4 Å². The van der Waals surface area contributed by atoms with Crippen LogP contribution in [0.25, 0.3) is 11.1 Å². The third-order valence-corrected chi connectivity index (χ3v) is 8.86. The van der Waals surface area contributed by atoms with E-state index in [1.165, 1.54) is 0 Å². The molecule has 2 amide bonds. The fourth-order valence-corrected chi connectivity index (χ4v) is 6.99. The smallest absolute Gasteiger partial charge is 0.244 e. The second-order valence-corrected chi connectivity index (χ2v) is 13.3. The number of rotatable bonds is 5. The molecular formula is C34H40ClN3O3. The second-order valence-electron chi connectivity index (χ2n) is 12.9. The van der Waals surface area contributed by atoms with Gasteiger partial charge in [0.25, 0.3) is 0 Å². The summed E-state index contributed by atoms with van der Waals surface area (Å²) in [5.74, 6) is 0.185. The molecule has 3 aromatic carbocycles. The van der Waals surface area contributed by atoms with Gasteiger partial charge < -0.3 is 10.0 Å². The van der Waals surface area contributed by atoms with Crippen molar-refractivity contribution >= 4 is 34.8 Å². The zero-order chi connectivity index (χ0) is 29.9. The van der Waals surface area contributed by atoms with Crippen molar-refractivity contribution in [1.29, 1.82) is 0 Å². The molecule has 6 nitrogen and oxygen atoms in total. The monoisotopic (exact) mass is 573 g/mol. The third-order valence-electron chi connectivity index (χ3n) is 8.54. The molecule has 1 saturated heterocycles. The van der Waals surface area contributed by atoms with Gasteiger partial charge in [0.05, 0.1) is 17.1 Å². The summed E-state index contributed by atoms with van der Waals surface area (Å²) in [6, 6.07) is 21.3. The van der Waals surface area contributed by atoms with Crippen molar-refractivity contribution in [2.24, 2.45) is 11.3 Å². The van der Waals surface area contributed by atoms with E-state index in [4.69, 9.17) is 11.6 Å². The maximum Gasteiger partial charge on any atom is 0.244 e. The van der Waals surface area contributed by atoms with E-state index in [1.807, 2.05) is 91.2 Å². The molecule has 0 saturated carbocycles. The Balaban J connectivity index is 1.58. The first-order valence-corrected chi connectivity index (χ1v) is 14.7. The Morgan fingerprint density at radius 1 is 1.02 bits per heavy atom. The van der Waals surface area contributed by atoms with Gasteiger partial charge in [-0.25, -0.2) is 0 Å². The van der Waals surface area contributed by atoms with Gasteiger partial charge in [0.15, 0.2) is 0 Å². The quantitative estimate of drug-likeness (QED) is 0.342. The molecule has 3 aromatic rings. The number of aliphatic hydroxyl groups excluding tert-OH is 1. The van der Waals surface area contributed by atoms with Crippen molar-refractivity contribution in [3.63, 3.8) is 0 Å². The molecule has 0 aliphatic carbocycles. The largest absolute Gasteiger partial charge is 0.374 e. The first-order chi connectivity index (χ1) is 19.3. The number of halogens is 1. The van der Waals surface area contributed by atoms with Crippen LogP contribution in [0.5, 0.6) is 0 Å². The van der Waals surface area contributed by atoms with Crippen LogP contribution in [0, 0.1) is 11.3 Å². The van der Waals surface area contributed by atoms with Gasteiger partial charge in [0.1, 0.15) is 6.23 Å². The third kappa shape index (κ3) is 4.76. The van der Waals surface area contributed by atoms with E-state index in [0.29, 0.717) is 23.6 Å². The molecule has 0 radical (unpaired) electrons. The lowest BCUT2D eigenvalue weighted by atomic mass is 9.71. The van der Waals surface area contributed by atoms with Gasteiger partial charge in [0, 0.05) is 28.2 Å². The molecule has 1 N–H and O–H groups in total. The van der Waals surface area contributed by atoms with Gasteiger partial charge in [-0.15, -0.1) is 0 Å². The number of para-hydroxylation sites is 1. The number of carbonyl (C=O) groups is 2. The van der Waals surface area contributed by atoms with Crippen LogP contribution in [0.1, 0.15) is 58.4 Å². The van der Waals surface area contributed by atoms with Crippen LogP contribution in [0.15, 0.2) is 66.7 Å². The van der Waals surface area contributed by atoms with Crippen LogP contribution < -0.4 is 4.90 Å². The van der Waals surface area contributed by atoms with Crippen LogP contribution in [-0.4, -0.2) is 53.4 Å². The number of anilines is 2. The zero-order valence-electron chi connectivity index (χ0n) is 25.0. The van der Waals surface area contributed by atoms with E-state index in [9.17, 15) is 14.7 Å². The minimum absolute atomic E-state index is 0.0150. The molecule has 0 bridgehead atoms. The van der Waals surface area contributed by atoms with E-state index in [-0.39, 0.29) is 23.8 Å². The Labute approximate surface area is 248 Å². The molecule has 41 heavy (non-hydrogen) atoms. The number of hydrogen-bond acceptors (Lipinski definition) is 4. The number of likely N-dealkylation sites (tertiary alicyclic amines) is 1. The van der Waals surface area contributed by atoms with Gasteiger partial charge in [-0.2, -0.15) is 0 Å². The molecule has 3 atom stereocenters. The van der Waals surface area contributed by atoms with Crippen molar-refractivity contribution in [3.05, 3.63) is 82.9 Å².